The van der Waals surface area contributed by atoms with Gasteiger partial charge in [0.05, 0.1) is 0 Å². The van der Waals surface area contributed by atoms with Crippen molar-refractivity contribution in [2.24, 2.45) is 5.92 Å². The topological polar surface area (TPSA) is 66.1 Å². The highest BCUT2D eigenvalue weighted by Gasteiger charge is 2.37. The van der Waals surface area contributed by atoms with E-state index in [0.29, 0.717) is 17.7 Å². The Morgan fingerprint density at radius 1 is 1.28 bits per heavy atom. The van der Waals surface area contributed by atoms with E-state index in [4.69, 9.17) is 0 Å². The molecule has 5 heteroatoms. The fourth-order valence-corrected chi connectivity index (χ4v) is 3.32. The zero-order chi connectivity index (χ0) is 12.5. The van der Waals surface area contributed by atoms with Crippen molar-refractivity contribution in [3.05, 3.63) is 28.2 Å². The molecule has 1 aliphatic heterocycles. The van der Waals surface area contributed by atoms with E-state index in [9.17, 15) is 9.59 Å². The van der Waals surface area contributed by atoms with Gasteiger partial charge in [0.1, 0.15) is 5.69 Å². The van der Waals surface area contributed by atoms with Crippen molar-refractivity contribution >= 4 is 5.91 Å². The number of H-pyrrole nitrogens is 1. The molecular weight excluding hydrogens is 230 g/mol. The van der Waals surface area contributed by atoms with Crippen LogP contribution in [0.3, 0.4) is 0 Å². The molecule has 0 spiro atoms. The van der Waals surface area contributed by atoms with Gasteiger partial charge in [-0.1, -0.05) is 6.42 Å². The number of rotatable bonds is 1. The number of amides is 1. The van der Waals surface area contributed by atoms with Crippen LogP contribution in [0.4, 0.5) is 0 Å². The van der Waals surface area contributed by atoms with Crippen LogP contribution >= 0.6 is 0 Å². The summed E-state index contributed by atoms with van der Waals surface area (Å²) in [5, 5.41) is 6.17. The van der Waals surface area contributed by atoms with Crippen molar-refractivity contribution in [3.63, 3.8) is 0 Å². The number of hydrogen-bond donors (Lipinski definition) is 1. The third-order valence-electron chi connectivity index (χ3n) is 4.15. The molecule has 0 bridgehead atoms. The SMILES string of the molecule is O=C(c1ccc(=O)[nH]n1)N1CCCC2CCCC21. The van der Waals surface area contributed by atoms with Gasteiger partial charge in [-0.15, -0.1) is 0 Å². The highest BCUT2D eigenvalue weighted by atomic mass is 16.2. The number of hydrogen-bond acceptors (Lipinski definition) is 3. The van der Waals surface area contributed by atoms with Crippen molar-refractivity contribution in [2.75, 3.05) is 6.54 Å². The number of piperidine rings is 1. The number of carbonyl (C=O) groups excluding carboxylic acids is 1. The predicted octanol–water partition coefficient (Wildman–Crippen LogP) is 1.17. The van der Waals surface area contributed by atoms with Gasteiger partial charge in [-0.2, -0.15) is 5.10 Å². The Hall–Kier alpha value is -1.65. The summed E-state index contributed by atoms with van der Waals surface area (Å²) in [7, 11) is 0. The van der Waals surface area contributed by atoms with Gasteiger partial charge in [0.25, 0.3) is 11.5 Å². The van der Waals surface area contributed by atoms with Crippen molar-refractivity contribution in [1.82, 2.24) is 15.1 Å². The molecule has 2 aliphatic rings. The Kier molecular flexibility index (Phi) is 2.89. The number of nitrogens with one attached hydrogen (secondary N) is 1. The van der Waals surface area contributed by atoms with Gasteiger partial charge in [-0.3, -0.25) is 9.59 Å². The van der Waals surface area contributed by atoms with Crippen LogP contribution in [0.25, 0.3) is 0 Å². The summed E-state index contributed by atoms with van der Waals surface area (Å²) in [5.74, 6) is 0.633. The molecule has 3 rings (SSSR count). The van der Waals surface area contributed by atoms with Crippen molar-refractivity contribution < 1.29 is 4.79 Å². The second kappa shape index (κ2) is 4.55. The number of fused-ring (bicyclic) bond motifs is 1. The van der Waals surface area contributed by atoms with E-state index in [2.05, 4.69) is 10.2 Å². The Morgan fingerprint density at radius 3 is 2.89 bits per heavy atom. The molecule has 1 aromatic rings. The van der Waals surface area contributed by atoms with Gasteiger partial charge in [0.15, 0.2) is 0 Å². The third-order valence-corrected chi connectivity index (χ3v) is 4.15. The third kappa shape index (κ3) is 1.94. The summed E-state index contributed by atoms with van der Waals surface area (Å²) < 4.78 is 0. The Bertz CT molecular complexity index is 491. The lowest BCUT2D eigenvalue weighted by molar-refractivity contribution is 0.0541. The molecule has 0 aromatic carbocycles. The summed E-state index contributed by atoms with van der Waals surface area (Å²) in [4.78, 5) is 25.3. The molecule has 5 nitrogen and oxygen atoms in total. The Labute approximate surface area is 105 Å². The summed E-state index contributed by atoms with van der Waals surface area (Å²) in [5.41, 5.74) is 0.0751. The van der Waals surface area contributed by atoms with Crippen LogP contribution in [0.5, 0.6) is 0 Å². The first-order valence-electron chi connectivity index (χ1n) is 6.62. The van der Waals surface area contributed by atoms with E-state index in [1.807, 2.05) is 4.90 Å². The fraction of sp³-hybridized carbons (Fsp3) is 0.615. The first-order chi connectivity index (χ1) is 8.75. The molecule has 1 aliphatic carbocycles. The minimum absolute atomic E-state index is 0.0390. The Morgan fingerprint density at radius 2 is 2.11 bits per heavy atom. The van der Waals surface area contributed by atoms with Crippen LogP contribution in [-0.2, 0) is 0 Å². The van der Waals surface area contributed by atoms with Gasteiger partial charge in [-0.05, 0) is 37.7 Å². The number of carbonyl (C=O) groups is 1. The molecule has 1 aromatic heterocycles. The van der Waals surface area contributed by atoms with E-state index >= 15 is 0 Å². The lowest BCUT2D eigenvalue weighted by Crippen LogP contribution is -2.46. The zero-order valence-electron chi connectivity index (χ0n) is 10.3. The highest BCUT2D eigenvalue weighted by molar-refractivity contribution is 5.92. The molecule has 1 saturated carbocycles. The van der Waals surface area contributed by atoms with E-state index in [1.165, 1.54) is 31.4 Å². The Balaban J connectivity index is 1.83. The van der Waals surface area contributed by atoms with E-state index < -0.39 is 0 Å². The normalized spacial score (nSPS) is 27.0. The van der Waals surface area contributed by atoms with Crippen LogP contribution in [0, 0.1) is 5.92 Å². The second-order valence-electron chi connectivity index (χ2n) is 5.21. The summed E-state index contributed by atoms with van der Waals surface area (Å²) >= 11 is 0. The van der Waals surface area contributed by atoms with Crippen LogP contribution in [0.15, 0.2) is 16.9 Å². The molecule has 1 saturated heterocycles. The van der Waals surface area contributed by atoms with Crippen LogP contribution in [0.1, 0.15) is 42.6 Å². The molecule has 0 radical (unpaired) electrons. The van der Waals surface area contributed by atoms with Gasteiger partial charge in [-0.25, -0.2) is 5.10 Å². The van der Waals surface area contributed by atoms with Crippen LogP contribution in [0.2, 0.25) is 0 Å². The number of aromatic nitrogens is 2. The average Bonchev–Trinajstić information content (AvgIpc) is 2.87. The van der Waals surface area contributed by atoms with Gasteiger partial charge in [0.2, 0.25) is 0 Å². The van der Waals surface area contributed by atoms with Crippen molar-refractivity contribution in [1.29, 1.82) is 0 Å². The molecular formula is C13H17N3O2. The van der Waals surface area contributed by atoms with Gasteiger partial charge in [0, 0.05) is 18.7 Å². The molecule has 2 heterocycles. The van der Waals surface area contributed by atoms with Gasteiger partial charge < -0.3 is 4.90 Å². The second-order valence-corrected chi connectivity index (χ2v) is 5.21. The quantitative estimate of drug-likeness (QED) is 0.810. The molecule has 18 heavy (non-hydrogen) atoms. The molecule has 2 unspecified atom stereocenters. The maximum Gasteiger partial charge on any atom is 0.274 e. The maximum atomic E-state index is 12.4. The minimum atomic E-state index is -0.274. The fourth-order valence-electron chi connectivity index (χ4n) is 3.32. The molecule has 1 amide bonds. The molecule has 1 N–H and O–H groups in total. The molecule has 96 valence electrons. The molecule has 2 fully saturated rings. The van der Waals surface area contributed by atoms with Gasteiger partial charge >= 0.3 is 0 Å². The minimum Gasteiger partial charge on any atom is -0.334 e. The number of aromatic amines is 1. The van der Waals surface area contributed by atoms with Crippen LogP contribution in [-0.4, -0.2) is 33.6 Å². The van der Waals surface area contributed by atoms with E-state index in [-0.39, 0.29) is 11.5 Å². The first kappa shape index (κ1) is 11.4. The number of nitrogens with zero attached hydrogens (tertiary/aromatic N) is 2. The summed E-state index contributed by atoms with van der Waals surface area (Å²) in [6, 6.07) is 3.26. The number of likely N-dealkylation sites (tertiary alicyclic amines) is 1. The first-order valence-corrected chi connectivity index (χ1v) is 6.62. The monoisotopic (exact) mass is 247 g/mol. The summed E-state index contributed by atoms with van der Waals surface area (Å²) in [6.45, 7) is 0.820. The average molecular weight is 247 g/mol. The molecule has 2 atom stereocenters. The largest absolute Gasteiger partial charge is 0.334 e. The highest BCUT2D eigenvalue weighted by Crippen LogP contribution is 2.37. The van der Waals surface area contributed by atoms with E-state index in [0.717, 1.165) is 19.4 Å². The van der Waals surface area contributed by atoms with Crippen molar-refractivity contribution in [2.45, 2.75) is 38.1 Å². The van der Waals surface area contributed by atoms with Crippen molar-refractivity contribution in [3.8, 4) is 0 Å². The lowest BCUT2D eigenvalue weighted by Gasteiger charge is -2.37. The smallest absolute Gasteiger partial charge is 0.274 e. The zero-order valence-corrected chi connectivity index (χ0v) is 10.3. The maximum absolute atomic E-state index is 12.4. The lowest BCUT2D eigenvalue weighted by atomic mass is 9.92. The summed E-state index contributed by atoms with van der Waals surface area (Å²) in [6.07, 6.45) is 5.90. The van der Waals surface area contributed by atoms with E-state index in [1.54, 1.807) is 0 Å². The predicted molar refractivity (Wildman–Crippen MR) is 66.3 cm³/mol. The standard InChI is InChI=1S/C13H17N3O2/c17-12-7-6-10(14-15-12)13(18)16-8-2-4-9-3-1-5-11(9)16/h6-7,9,11H,1-5,8H2,(H,15,17). The van der Waals surface area contributed by atoms with Crippen LogP contribution < -0.4 is 5.56 Å².